The molecule has 1 N–H and O–H groups in total. The second kappa shape index (κ2) is 3.86. The van der Waals surface area contributed by atoms with Gasteiger partial charge in [0, 0.05) is 0 Å². The minimum absolute atomic E-state index is 0.582. The fourth-order valence-corrected chi connectivity index (χ4v) is 3.40. The van der Waals surface area contributed by atoms with E-state index >= 15 is 0 Å². The molecule has 17 heavy (non-hydrogen) atoms. The molecule has 3 rings (SSSR count). The van der Waals surface area contributed by atoms with E-state index in [1.54, 1.807) is 0 Å². The van der Waals surface area contributed by atoms with E-state index < -0.39 is 11.4 Å². The highest BCUT2D eigenvalue weighted by atomic mass is 16.4. The first-order valence-electron chi connectivity index (χ1n) is 6.54. The van der Waals surface area contributed by atoms with Crippen LogP contribution in [0.2, 0.25) is 0 Å². The Kier molecular flexibility index (Phi) is 2.46. The fraction of sp³-hybridized carbons (Fsp3) is 0.533. The first-order chi connectivity index (χ1) is 8.22. The minimum atomic E-state index is -0.616. The summed E-state index contributed by atoms with van der Waals surface area (Å²) in [5.41, 5.74) is 1.75. The lowest BCUT2D eigenvalue weighted by atomic mass is 9.69. The van der Waals surface area contributed by atoms with E-state index in [4.69, 9.17) is 0 Å². The lowest BCUT2D eigenvalue weighted by Crippen LogP contribution is -2.37. The van der Waals surface area contributed by atoms with Gasteiger partial charge in [-0.3, -0.25) is 4.79 Å². The minimum Gasteiger partial charge on any atom is -0.481 e. The van der Waals surface area contributed by atoms with E-state index in [1.807, 2.05) is 18.2 Å². The Hall–Kier alpha value is -1.31. The number of aryl methyl sites for hydroxylation is 1. The molecule has 1 atom stereocenters. The average molecular weight is 230 g/mol. The third-order valence-electron chi connectivity index (χ3n) is 4.63. The molecule has 90 valence electrons. The van der Waals surface area contributed by atoms with Crippen molar-refractivity contribution in [3.05, 3.63) is 35.4 Å². The maximum absolute atomic E-state index is 11.8. The molecule has 1 unspecified atom stereocenters. The molecule has 1 aromatic rings. The van der Waals surface area contributed by atoms with Gasteiger partial charge in [0.15, 0.2) is 0 Å². The fourth-order valence-electron chi connectivity index (χ4n) is 3.40. The summed E-state index contributed by atoms with van der Waals surface area (Å²) in [6.07, 6.45) is 6.28. The molecule has 0 radical (unpaired) electrons. The van der Waals surface area contributed by atoms with E-state index in [1.165, 1.54) is 24.8 Å². The molecule has 0 amide bonds. The Morgan fingerprint density at radius 1 is 1.35 bits per heavy atom. The number of rotatable bonds is 3. The monoisotopic (exact) mass is 230 g/mol. The summed E-state index contributed by atoms with van der Waals surface area (Å²) in [5, 5.41) is 9.68. The summed E-state index contributed by atoms with van der Waals surface area (Å²) >= 11 is 0. The number of fused-ring (bicyclic) bond motifs is 1. The summed E-state index contributed by atoms with van der Waals surface area (Å²) in [4.78, 5) is 11.8. The van der Waals surface area contributed by atoms with Gasteiger partial charge in [-0.15, -0.1) is 0 Å². The van der Waals surface area contributed by atoms with E-state index in [9.17, 15) is 9.90 Å². The van der Waals surface area contributed by atoms with Crippen LogP contribution in [0, 0.1) is 5.92 Å². The number of benzene rings is 1. The molecule has 2 aliphatic rings. The third-order valence-corrected chi connectivity index (χ3v) is 4.63. The summed E-state index contributed by atoms with van der Waals surface area (Å²) in [7, 11) is 0. The van der Waals surface area contributed by atoms with Crippen LogP contribution in [0.15, 0.2) is 24.3 Å². The number of hydrogen-bond donors (Lipinski definition) is 1. The van der Waals surface area contributed by atoms with Gasteiger partial charge in [-0.1, -0.05) is 43.5 Å². The maximum Gasteiger partial charge on any atom is 0.314 e. The summed E-state index contributed by atoms with van der Waals surface area (Å²) < 4.78 is 0. The first kappa shape index (κ1) is 10.8. The number of carboxylic acids is 1. The van der Waals surface area contributed by atoms with Gasteiger partial charge in [0.05, 0.1) is 5.41 Å². The van der Waals surface area contributed by atoms with Crippen molar-refractivity contribution in [3.8, 4) is 0 Å². The van der Waals surface area contributed by atoms with E-state index in [2.05, 4.69) is 6.07 Å². The van der Waals surface area contributed by atoms with Crippen molar-refractivity contribution in [1.82, 2.24) is 0 Å². The zero-order valence-corrected chi connectivity index (χ0v) is 9.98. The van der Waals surface area contributed by atoms with Crippen LogP contribution in [0.5, 0.6) is 0 Å². The predicted molar refractivity (Wildman–Crippen MR) is 66.0 cm³/mol. The highest BCUT2D eigenvalue weighted by molar-refractivity contribution is 5.83. The maximum atomic E-state index is 11.8. The first-order valence-corrected chi connectivity index (χ1v) is 6.54. The number of carboxylic acid groups (broad SMARTS) is 1. The van der Waals surface area contributed by atoms with Crippen LogP contribution in [0.1, 0.15) is 43.2 Å². The lowest BCUT2D eigenvalue weighted by molar-refractivity contribution is -0.145. The van der Waals surface area contributed by atoms with Crippen molar-refractivity contribution in [2.45, 2.75) is 43.9 Å². The molecule has 1 aromatic carbocycles. The molecule has 2 aliphatic carbocycles. The van der Waals surface area contributed by atoms with Crippen molar-refractivity contribution in [3.63, 3.8) is 0 Å². The van der Waals surface area contributed by atoms with Crippen molar-refractivity contribution >= 4 is 5.97 Å². The Bertz CT molecular complexity index is 448. The predicted octanol–water partition coefficient (Wildman–Crippen LogP) is 3.15. The molecular formula is C15H18O2. The molecule has 1 fully saturated rings. The average Bonchev–Trinajstić information content (AvgIpc) is 2.64. The van der Waals surface area contributed by atoms with Crippen molar-refractivity contribution < 1.29 is 9.90 Å². The number of hydrogen-bond acceptors (Lipinski definition) is 1. The molecule has 0 spiro atoms. The summed E-state index contributed by atoms with van der Waals surface area (Å²) in [6, 6.07) is 8.10. The van der Waals surface area contributed by atoms with Gasteiger partial charge in [-0.2, -0.15) is 0 Å². The van der Waals surface area contributed by atoms with Crippen LogP contribution >= 0.6 is 0 Å². The van der Waals surface area contributed by atoms with Crippen LogP contribution < -0.4 is 0 Å². The van der Waals surface area contributed by atoms with Gasteiger partial charge in [-0.05, 0) is 36.3 Å². The van der Waals surface area contributed by atoms with Gasteiger partial charge < -0.3 is 5.11 Å². The smallest absolute Gasteiger partial charge is 0.314 e. The molecule has 1 saturated carbocycles. The SMILES string of the molecule is O=C(O)C1(CC2CCC2)CCc2ccccc21. The molecule has 0 aromatic heterocycles. The van der Waals surface area contributed by atoms with E-state index in [-0.39, 0.29) is 0 Å². The van der Waals surface area contributed by atoms with Crippen LogP contribution in [-0.4, -0.2) is 11.1 Å². The molecule has 0 saturated heterocycles. The Morgan fingerprint density at radius 2 is 2.12 bits per heavy atom. The van der Waals surface area contributed by atoms with Gasteiger partial charge >= 0.3 is 5.97 Å². The molecule has 0 aliphatic heterocycles. The topological polar surface area (TPSA) is 37.3 Å². The van der Waals surface area contributed by atoms with Crippen molar-refractivity contribution in [1.29, 1.82) is 0 Å². The van der Waals surface area contributed by atoms with Crippen LogP contribution in [0.4, 0.5) is 0 Å². The van der Waals surface area contributed by atoms with Crippen molar-refractivity contribution in [2.24, 2.45) is 5.92 Å². The molecular weight excluding hydrogens is 212 g/mol. The van der Waals surface area contributed by atoms with E-state index in [0.717, 1.165) is 24.8 Å². The second-order valence-electron chi connectivity index (χ2n) is 5.55. The molecule has 0 heterocycles. The lowest BCUT2D eigenvalue weighted by Gasteiger charge is -2.34. The standard InChI is InChI=1S/C15H18O2/c16-14(17)15(10-11-4-3-5-11)9-8-12-6-1-2-7-13(12)15/h1-2,6-7,11H,3-5,8-10H2,(H,16,17). The van der Waals surface area contributed by atoms with Crippen molar-refractivity contribution in [2.75, 3.05) is 0 Å². The Labute approximate surface area is 102 Å². The highest BCUT2D eigenvalue weighted by Gasteiger charge is 2.47. The largest absolute Gasteiger partial charge is 0.481 e. The van der Waals surface area contributed by atoms with E-state index in [0.29, 0.717) is 5.92 Å². The van der Waals surface area contributed by atoms with Gasteiger partial charge in [0.1, 0.15) is 0 Å². The third kappa shape index (κ3) is 1.58. The molecule has 0 bridgehead atoms. The molecule has 2 heteroatoms. The van der Waals surface area contributed by atoms with Gasteiger partial charge in [-0.25, -0.2) is 0 Å². The zero-order chi connectivity index (χ0) is 11.9. The quantitative estimate of drug-likeness (QED) is 0.866. The highest BCUT2D eigenvalue weighted by Crippen LogP contribution is 2.47. The number of aliphatic carboxylic acids is 1. The normalized spacial score (nSPS) is 27.5. The van der Waals surface area contributed by atoms with Gasteiger partial charge in [0.2, 0.25) is 0 Å². The Morgan fingerprint density at radius 3 is 2.76 bits per heavy atom. The molecule has 2 nitrogen and oxygen atoms in total. The zero-order valence-electron chi connectivity index (χ0n) is 9.98. The number of carbonyl (C=O) groups is 1. The Balaban J connectivity index is 1.98. The summed E-state index contributed by atoms with van der Waals surface area (Å²) in [5.74, 6) is 0.0200. The van der Waals surface area contributed by atoms with Crippen LogP contribution in [-0.2, 0) is 16.6 Å². The van der Waals surface area contributed by atoms with Crippen LogP contribution in [0.3, 0.4) is 0 Å². The van der Waals surface area contributed by atoms with Crippen LogP contribution in [0.25, 0.3) is 0 Å². The summed E-state index contributed by atoms with van der Waals surface area (Å²) in [6.45, 7) is 0. The van der Waals surface area contributed by atoms with Gasteiger partial charge in [0.25, 0.3) is 0 Å². The second-order valence-corrected chi connectivity index (χ2v) is 5.55.